The van der Waals surface area contributed by atoms with Gasteiger partial charge in [0.15, 0.2) is 0 Å². The molecule has 0 saturated heterocycles. The zero-order valence-corrected chi connectivity index (χ0v) is 36.0. The van der Waals surface area contributed by atoms with E-state index in [2.05, 4.69) is 12.2 Å². The van der Waals surface area contributed by atoms with Crippen LogP contribution in [0.4, 0.5) is 0 Å². The third-order valence-corrected chi connectivity index (χ3v) is 30.4. The Kier molecular flexibility index (Phi) is 9.17. The Morgan fingerprint density at radius 3 is 0.845 bits per heavy atom. The van der Waals surface area contributed by atoms with Crippen LogP contribution in [-0.2, 0) is 39.3 Å². The van der Waals surface area contributed by atoms with Gasteiger partial charge in [-0.25, -0.2) is 0 Å². The van der Waals surface area contributed by atoms with E-state index < -0.39 is 35.0 Å². The Balaban J connectivity index is 1.47. The Hall–Kier alpha value is -5.85. The number of benzene rings is 6. The predicted octanol–water partition coefficient (Wildman–Crippen LogP) is 11.1. The summed E-state index contributed by atoms with van der Waals surface area (Å²) < 4.78 is 17.3. The van der Waals surface area contributed by atoms with Gasteiger partial charge in [0.05, 0.1) is 0 Å². The molecule has 58 heavy (non-hydrogen) atoms. The normalized spacial score (nSPS) is 15.9. The molecular formula is C52H48O4SiTi. The molecule has 2 aliphatic carbocycles. The molecule has 0 heterocycles. The first-order valence-corrected chi connectivity index (χ1v) is 30.0. The zero-order chi connectivity index (χ0) is 40.4. The van der Waals surface area contributed by atoms with Crippen molar-refractivity contribution < 1.29 is 28.5 Å². The van der Waals surface area contributed by atoms with Gasteiger partial charge in [0, 0.05) is 0 Å². The van der Waals surface area contributed by atoms with Gasteiger partial charge in [-0.3, -0.25) is 0 Å². The van der Waals surface area contributed by atoms with Crippen LogP contribution < -0.4 is 0 Å². The van der Waals surface area contributed by atoms with E-state index >= 15 is 9.59 Å². The fourth-order valence-electron chi connectivity index (χ4n) is 9.63. The second-order valence-corrected chi connectivity index (χ2v) is 44.6. The topological polar surface area (TPSA) is 52.6 Å². The first-order valence-electron chi connectivity index (χ1n) is 20.0. The average molecular weight is 813 g/mol. The molecule has 0 saturated carbocycles. The maximum absolute atomic E-state index is 16.6. The quantitative estimate of drug-likeness (QED) is 0.0912. The fraction of sp³-hybridized carbons (Fsp3) is 0.115. The summed E-state index contributed by atoms with van der Waals surface area (Å²) in [6.07, 6.45) is 13.0. The van der Waals surface area contributed by atoms with E-state index in [9.17, 15) is 0 Å². The van der Waals surface area contributed by atoms with E-state index in [-0.39, 0.29) is 0 Å². The summed E-state index contributed by atoms with van der Waals surface area (Å²) in [5.74, 6) is -1.05. The second-order valence-electron chi connectivity index (χ2n) is 17.4. The van der Waals surface area contributed by atoms with Gasteiger partial charge in [0.1, 0.15) is 0 Å². The summed E-state index contributed by atoms with van der Waals surface area (Å²) in [5.41, 5.74) is 1.51. The van der Waals surface area contributed by atoms with Crippen molar-refractivity contribution in [3.8, 4) is 0 Å². The first-order chi connectivity index (χ1) is 27.9. The van der Waals surface area contributed by atoms with Gasteiger partial charge in [-0.05, 0) is 0 Å². The van der Waals surface area contributed by atoms with E-state index in [1.165, 1.54) is 0 Å². The van der Waals surface area contributed by atoms with Crippen molar-refractivity contribution in [1.82, 2.24) is 0 Å². The van der Waals surface area contributed by atoms with E-state index in [0.29, 0.717) is 12.8 Å². The second kappa shape index (κ2) is 13.6. The molecule has 0 N–H and O–H groups in total. The molecule has 0 aliphatic heterocycles. The summed E-state index contributed by atoms with van der Waals surface area (Å²) in [6, 6.07) is 58.9. The van der Waals surface area contributed by atoms with E-state index in [4.69, 9.17) is 6.64 Å². The van der Waals surface area contributed by atoms with Crippen molar-refractivity contribution in [3.05, 3.63) is 260 Å². The van der Waals surface area contributed by atoms with Crippen molar-refractivity contribution in [2.45, 2.75) is 34.1 Å². The molecule has 6 aromatic carbocycles. The van der Waals surface area contributed by atoms with Crippen LogP contribution in [0, 0.1) is 0 Å². The number of rotatable bonds is 12. The average Bonchev–Trinajstić information content (AvgIpc) is 4.03. The van der Waals surface area contributed by atoms with Crippen LogP contribution in [0.25, 0.3) is 0 Å². The van der Waals surface area contributed by atoms with Crippen molar-refractivity contribution in [2.24, 2.45) is 0 Å². The van der Waals surface area contributed by atoms with E-state index in [0.717, 1.165) is 41.1 Å². The molecule has 0 fully saturated rings. The third kappa shape index (κ3) is 5.83. The summed E-state index contributed by atoms with van der Waals surface area (Å²) in [4.78, 5) is 33.2. The zero-order valence-electron chi connectivity index (χ0n) is 33.0. The molecule has 2 aliphatic rings. The fourth-order valence-corrected chi connectivity index (χ4v) is 22.6. The molecular weight excluding hydrogens is 765 g/mol. The van der Waals surface area contributed by atoms with E-state index in [1.807, 2.05) is 217 Å². The van der Waals surface area contributed by atoms with Crippen LogP contribution in [0.1, 0.15) is 46.2 Å². The van der Waals surface area contributed by atoms with Crippen LogP contribution >= 0.6 is 0 Å². The summed E-state index contributed by atoms with van der Waals surface area (Å²) in [5, 5.41) is 4.00. The standard InChI is InChI=1S/2C20H16O2.2C5H5.2CH3.H2Si.Ti/c2*21-19(22)20(16-10-4-1-5-11-16,17-12-6-2-7-13-17)18-14-8-3-9-15-18;2*1-2-4-5-3-1;;;;/h2*1-15H,(H,21,22);2*1-3H,4H2;2*1H3;1H2;/q;;;;;;;+2/p-2. The third-order valence-electron chi connectivity index (χ3n) is 13.0. The summed E-state index contributed by atoms with van der Waals surface area (Å²) in [7, 11) is 1.62. The van der Waals surface area contributed by atoms with Gasteiger partial charge >= 0.3 is 342 Å². The van der Waals surface area contributed by atoms with Crippen LogP contribution in [0.15, 0.2) is 226 Å². The molecule has 6 heteroatoms. The maximum atomic E-state index is 16.6. The SMILES string of the molecule is [CH3][Ti]([CH3])(=[SiH2])([O]C(=O)C(c1ccccc1)(c1ccccc1)c1ccccc1)([O]C(=O)C(c1ccccc1)(c1ccccc1)c1ccccc1)([C]1=CC=CC1)[C]1=CC=CC1. The first kappa shape index (κ1) is 39.0. The number of allylic oxidation sites excluding steroid dienone is 8. The molecule has 288 valence electrons. The van der Waals surface area contributed by atoms with Gasteiger partial charge in [-0.15, -0.1) is 0 Å². The number of hydrogen-bond acceptors (Lipinski definition) is 4. The van der Waals surface area contributed by atoms with Crippen LogP contribution in [0.2, 0.25) is 10.5 Å². The molecule has 0 amide bonds. The molecule has 4 nitrogen and oxygen atoms in total. The molecule has 6 aromatic rings. The van der Waals surface area contributed by atoms with Crippen molar-refractivity contribution in [1.29, 1.82) is 0 Å². The van der Waals surface area contributed by atoms with Crippen molar-refractivity contribution in [2.75, 3.05) is 0 Å². The monoisotopic (exact) mass is 812 g/mol. The van der Waals surface area contributed by atoms with Gasteiger partial charge in [-0.2, -0.15) is 0 Å². The number of hydrogen-bond donors (Lipinski definition) is 0. The molecule has 0 unspecified atom stereocenters. The Labute approximate surface area is 339 Å². The molecule has 0 aromatic heterocycles. The minimum absolute atomic E-state index is 0.439. The van der Waals surface area contributed by atoms with Crippen LogP contribution in [0.5, 0.6) is 0 Å². The summed E-state index contributed by atoms with van der Waals surface area (Å²) >= 11 is -7.10. The van der Waals surface area contributed by atoms with Gasteiger partial charge in [0.2, 0.25) is 0 Å². The van der Waals surface area contributed by atoms with Crippen molar-refractivity contribution in [3.63, 3.8) is 0 Å². The van der Waals surface area contributed by atoms with Crippen LogP contribution in [-0.4, -0.2) is 19.6 Å². The molecule has 0 spiro atoms. The number of carbonyl (C=O) groups excluding carboxylic acids is 2. The summed E-state index contributed by atoms with van der Waals surface area (Å²) in [6.45, 7) is 0. The minimum atomic E-state index is -7.10. The predicted molar refractivity (Wildman–Crippen MR) is 235 cm³/mol. The Morgan fingerprint density at radius 1 is 0.431 bits per heavy atom. The Bertz CT molecular complexity index is 2380. The van der Waals surface area contributed by atoms with Gasteiger partial charge in [0.25, 0.3) is 0 Å². The van der Waals surface area contributed by atoms with E-state index in [1.54, 1.807) is 7.63 Å². The van der Waals surface area contributed by atoms with Gasteiger partial charge < -0.3 is 0 Å². The molecule has 8 rings (SSSR count). The van der Waals surface area contributed by atoms with Crippen molar-refractivity contribution >= 4 is 19.6 Å². The molecule has 0 radical (unpaired) electrons. The van der Waals surface area contributed by atoms with Gasteiger partial charge in [-0.1, -0.05) is 0 Å². The Morgan fingerprint density at radius 2 is 0.655 bits per heavy atom. The molecule has 0 bridgehead atoms. The van der Waals surface area contributed by atoms with Crippen LogP contribution in [0.3, 0.4) is 0 Å². The molecule has 0 atom stereocenters. The number of carbonyl (C=O) groups is 2.